The standard InChI is InChI=1S/C11H20N2O4/c1-11(2,3)17-10(15)13-5-7(8(12)6-13)9(14)16-4/h7-8H,5-6,12H2,1-4H3/t7-,8-/m0/s1. The third-order valence-electron chi connectivity index (χ3n) is 2.52. The van der Waals surface area contributed by atoms with E-state index >= 15 is 0 Å². The molecule has 1 heterocycles. The molecule has 1 amide bonds. The van der Waals surface area contributed by atoms with Crippen LogP contribution in [0.5, 0.6) is 0 Å². The Labute approximate surface area is 101 Å². The van der Waals surface area contributed by atoms with Crippen molar-refractivity contribution in [2.45, 2.75) is 32.4 Å². The van der Waals surface area contributed by atoms with Crippen molar-refractivity contribution < 1.29 is 19.1 Å². The predicted molar refractivity (Wildman–Crippen MR) is 61.3 cm³/mol. The lowest BCUT2D eigenvalue weighted by molar-refractivity contribution is -0.145. The molecule has 17 heavy (non-hydrogen) atoms. The summed E-state index contributed by atoms with van der Waals surface area (Å²) in [5.41, 5.74) is 5.25. The van der Waals surface area contributed by atoms with Gasteiger partial charge in [-0.3, -0.25) is 4.79 Å². The molecule has 1 aliphatic rings. The third kappa shape index (κ3) is 3.59. The van der Waals surface area contributed by atoms with E-state index in [2.05, 4.69) is 4.74 Å². The molecule has 6 nitrogen and oxygen atoms in total. The number of rotatable bonds is 1. The zero-order valence-electron chi connectivity index (χ0n) is 10.7. The summed E-state index contributed by atoms with van der Waals surface area (Å²) < 4.78 is 9.85. The van der Waals surface area contributed by atoms with Gasteiger partial charge in [0.2, 0.25) is 0 Å². The summed E-state index contributed by atoms with van der Waals surface area (Å²) in [6.45, 7) is 5.94. The smallest absolute Gasteiger partial charge is 0.410 e. The van der Waals surface area contributed by atoms with Gasteiger partial charge in [-0.05, 0) is 20.8 Å². The highest BCUT2D eigenvalue weighted by Gasteiger charge is 2.39. The van der Waals surface area contributed by atoms with Gasteiger partial charge in [-0.25, -0.2) is 4.79 Å². The summed E-state index contributed by atoms with van der Waals surface area (Å²) in [6.07, 6.45) is -0.445. The van der Waals surface area contributed by atoms with Crippen LogP contribution in [-0.2, 0) is 14.3 Å². The van der Waals surface area contributed by atoms with Gasteiger partial charge in [0, 0.05) is 19.1 Å². The summed E-state index contributed by atoms with van der Waals surface area (Å²) >= 11 is 0. The quantitative estimate of drug-likeness (QED) is 0.673. The Hall–Kier alpha value is -1.30. The fraction of sp³-hybridized carbons (Fsp3) is 0.818. The number of ether oxygens (including phenoxy) is 2. The SMILES string of the molecule is COC(=O)[C@H]1CN(C(=O)OC(C)(C)C)C[C@@H]1N. The van der Waals surface area contributed by atoms with E-state index in [9.17, 15) is 9.59 Å². The van der Waals surface area contributed by atoms with E-state index < -0.39 is 23.7 Å². The lowest BCUT2D eigenvalue weighted by Crippen LogP contribution is -2.36. The molecule has 2 atom stereocenters. The minimum Gasteiger partial charge on any atom is -0.469 e. The van der Waals surface area contributed by atoms with Crippen LogP contribution in [0, 0.1) is 5.92 Å². The largest absolute Gasteiger partial charge is 0.469 e. The Morgan fingerprint density at radius 2 is 1.88 bits per heavy atom. The van der Waals surface area contributed by atoms with Crippen LogP contribution in [-0.4, -0.2) is 48.8 Å². The fourth-order valence-corrected chi connectivity index (χ4v) is 1.71. The van der Waals surface area contributed by atoms with E-state index in [0.717, 1.165) is 0 Å². The first kappa shape index (κ1) is 13.8. The van der Waals surface area contributed by atoms with Crippen molar-refractivity contribution in [3.63, 3.8) is 0 Å². The number of methoxy groups -OCH3 is 1. The molecule has 0 bridgehead atoms. The van der Waals surface area contributed by atoms with E-state index in [1.807, 2.05) is 0 Å². The summed E-state index contributed by atoms with van der Waals surface area (Å²) in [6, 6.07) is -0.394. The maximum atomic E-state index is 11.8. The first-order chi connectivity index (χ1) is 7.74. The average molecular weight is 244 g/mol. The van der Waals surface area contributed by atoms with Gasteiger partial charge in [-0.2, -0.15) is 0 Å². The van der Waals surface area contributed by atoms with Crippen molar-refractivity contribution in [2.75, 3.05) is 20.2 Å². The van der Waals surface area contributed by atoms with Crippen LogP contribution in [0.15, 0.2) is 0 Å². The third-order valence-corrected chi connectivity index (χ3v) is 2.52. The van der Waals surface area contributed by atoms with Gasteiger partial charge in [-0.15, -0.1) is 0 Å². The van der Waals surface area contributed by atoms with E-state index in [4.69, 9.17) is 10.5 Å². The maximum Gasteiger partial charge on any atom is 0.410 e. The fourth-order valence-electron chi connectivity index (χ4n) is 1.71. The van der Waals surface area contributed by atoms with E-state index in [0.29, 0.717) is 6.54 Å². The lowest BCUT2D eigenvalue weighted by Gasteiger charge is -2.24. The summed E-state index contributed by atoms with van der Waals surface area (Å²) in [5, 5.41) is 0. The van der Waals surface area contributed by atoms with E-state index in [1.54, 1.807) is 20.8 Å². The first-order valence-electron chi connectivity index (χ1n) is 5.56. The molecule has 0 aromatic heterocycles. The van der Waals surface area contributed by atoms with Crippen molar-refractivity contribution in [2.24, 2.45) is 11.7 Å². The molecule has 1 fully saturated rings. The van der Waals surface area contributed by atoms with Crippen LogP contribution in [0.4, 0.5) is 4.79 Å². The Kier molecular flexibility index (Phi) is 3.98. The van der Waals surface area contributed by atoms with E-state index in [1.165, 1.54) is 12.0 Å². The highest BCUT2D eigenvalue weighted by atomic mass is 16.6. The van der Waals surface area contributed by atoms with Gasteiger partial charge < -0.3 is 20.1 Å². The van der Waals surface area contributed by atoms with Crippen molar-refractivity contribution in [1.82, 2.24) is 4.90 Å². The molecule has 6 heteroatoms. The second-order valence-electron chi connectivity index (χ2n) is 5.18. The second-order valence-corrected chi connectivity index (χ2v) is 5.18. The molecule has 98 valence electrons. The van der Waals surface area contributed by atoms with Crippen molar-refractivity contribution in [3.05, 3.63) is 0 Å². The number of nitrogens with two attached hydrogens (primary N) is 1. The summed E-state index contributed by atoms with van der Waals surface area (Å²) in [4.78, 5) is 24.6. The number of hydrogen-bond acceptors (Lipinski definition) is 5. The van der Waals surface area contributed by atoms with Gasteiger partial charge in [-0.1, -0.05) is 0 Å². The van der Waals surface area contributed by atoms with Crippen LogP contribution < -0.4 is 5.73 Å². The number of esters is 1. The van der Waals surface area contributed by atoms with Crippen LogP contribution >= 0.6 is 0 Å². The predicted octanol–water partition coefficient (Wildman–Crippen LogP) is 0.354. The van der Waals surface area contributed by atoms with Crippen LogP contribution in [0.1, 0.15) is 20.8 Å². The molecule has 1 rings (SSSR count). The highest BCUT2D eigenvalue weighted by molar-refractivity contribution is 5.76. The zero-order chi connectivity index (χ0) is 13.2. The topological polar surface area (TPSA) is 81.9 Å². The van der Waals surface area contributed by atoms with Crippen molar-refractivity contribution in [1.29, 1.82) is 0 Å². The molecule has 0 saturated carbocycles. The number of nitrogens with zero attached hydrogens (tertiary/aromatic N) is 1. The Morgan fingerprint density at radius 3 is 2.35 bits per heavy atom. The van der Waals surface area contributed by atoms with Crippen LogP contribution in [0.3, 0.4) is 0 Å². The number of hydrogen-bond donors (Lipinski definition) is 1. The monoisotopic (exact) mass is 244 g/mol. The summed E-state index contributed by atoms with van der Waals surface area (Å²) in [5.74, 6) is -0.851. The molecule has 0 spiro atoms. The average Bonchev–Trinajstić information content (AvgIpc) is 2.57. The molecule has 0 unspecified atom stereocenters. The Bertz CT molecular complexity index is 311. The maximum absolute atomic E-state index is 11.8. The first-order valence-corrected chi connectivity index (χ1v) is 5.56. The molecule has 0 aromatic rings. The van der Waals surface area contributed by atoms with Gasteiger partial charge in [0.15, 0.2) is 0 Å². The molecule has 1 aliphatic heterocycles. The van der Waals surface area contributed by atoms with Gasteiger partial charge in [0.1, 0.15) is 5.60 Å². The van der Waals surface area contributed by atoms with Gasteiger partial charge >= 0.3 is 12.1 Å². The molecule has 0 aliphatic carbocycles. The zero-order valence-corrected chi connectivity index (χ0v) is 10.7. The molecule has 0 aromatic carbocycles. The lowest BCUT2D eigenvalue weighted by atomic mass is 10.1. The Balaban J connectivity index is 2.60. The highest BCUT2D eigenvalue weighted by Crippen LogP contribution is 2.19. The van der Waals surface area contributed by atoms with Crippen LogP contribution in [0.2, 0.25) is 0 Å². The Morgan fingerprint density at radius 1 is 1.29 bits per heavy atom. The number of amides is 1. The molecule has 0 radical (unpaired) electrons. The summed E-state index contributed by atoms with van der Waals surface area (Å²) in [7, 11) is 1.31. The number of carbonyl (C=O) groups excluding carboxylic acids is 2. The van der Waals surface area contributed by atoms with Gasteiger partial charge in [0.05, 0.1) is 13.0 Å². The molecular weight excluding hydrogens is 224 g/mol. The minimum absolute atomic E-state index is 0.253. The van der Waals surface area contributed by atoms with Crippen LogP contribution in [0.25, 0.3) is 0 Å². The molecule has 2 N–H and O–H groups in total. The normalized spacial score (nSPS) is 24.6. The second kappa shape index (κ2) is 4.91. The van der Waals surface area contributed by atoms with Crippen molar-refractivity contribution >= 4 is 12.1 Å². The van der Waals surface area contributed by atoms with Crippen molar-refractivity contribution in [3.8, 4) is 0 Å². The number of carbonyl (C=O) groups is 2. The van der Waals surface area contributed by atoms with E-state index in [-0.39, 0.29) is 12.5 Å². The molecule has 1 saturated heterocycles. The number of likely N-dealkylation sites (tertiary alicyclic amines) is 1. The molecular formula is C11H20N2O4. The van der Waals surface area contributed by atoms with Gasteiger partial charge in [0.25, 0.3) is 0 Å². The minimum atomic E-state index is -0.551.